The van der Waals surface area contributed by atoms with Crippen LogP contribution in [0.4, 0.5) is 4.79 Å². The second kappa shape index (κ2) is 6.44. The first-order valence-electron chi connectivity index (χ1n) is 5.62. The molecule has 3 N–H and O–H groups in total. The zero-order valence-electron chi connectivity index (χ0n) is 11.1. The SMILES string of the molecule is CC[C@H](C)[C@H](N)C(=O)ONC(=O)OC(C)(C)C. The van der Waals surface area contributed by atoms with E-state index in [1.165, 1.54) is 0 Å². The van der Waals surface area contributed by atoms with Gasteiger partial charge in [0.15, 0.2) is 0 Å². The third-order valence-electron chi connectivity index (χ3n) is 2.16. The van der Waals surface area contributed by atoms with Crippen LogP contribution in [0.5, 0.6) is 0 Å². The topological polar surface area (TPSA) is 90.7 Å². The number of carbonyl (C=O) groups is 2. The van der Waals surface area contributed by atoms with Crippen molar-refractivity contribution in [2.75, 3.05) is 0 Å². The van der Waals surface area contributed by atoms with Crippen molar-refractivity contribution in [2.45, 2.75) is 52.7 Å². The molecule has 6 heteroatoms. The van der Waals surface area contributed by atoms with E-state index in [4.69, 9.17) is 10.5 Å². The molecule has 0 aliphatic carbocycles. The summed E-state index contributed by atoms with van der Waals surface area (Å²) in [5, 5.41) is 0. The number of ether oxygens (including phenoxy) is 1. The van der Waals surface area contributed by atoms with Gasteiger partial charge in [0, 0.05) is 0 Å². The first-order chi connectivity index (χ1) is 7.67. The van der Waals surface area contributed by atoms with Crippen molar-refractivity contribution in [3.05, 3.63) is 0 Å². The van der Waals surface area contributed by atoms with Crippen LogP contribution >= 0.6 is 0 Å². The summed E-state index contributed by atoms with van der Waals surface area (Å²) in [6.07, 6.45) is -0.0647. The minimum absolute atomic E-state index is 0.0112. The van der Waals surface area contributed by atoms with Gasteiger partial charge in [0.1, 0.15) is 11.6 Å². The van der Waals surface area contributed by atoms with Crippen molar-refractivity contribution >= 4 is 12.1 Å². The summed E-state index contributed by atoms with van der Waals surface area (Å²) in [5.74, 6) is -0.687. The highest BCUT2D eigenvalue weighted by Crippen LogP contribution is 2.08. The van der Waals surface area contributed by atoms with Crippen molar-refractivity contribution in [3.8, 4) is 0 Å². The summed E-state index contributed by atoms with van der Waals surface area (Å²) >= 11 is 0. The monoisotopic (exact) mass is 246 g/mol. The van der Waals surface area contributed by atoms with Crippen LogP contribution in [0.3, 0.4) is 0 Å². The Morgan fingerprint density at radius 1 is 1.35 bits per heavy atom. The second-order valence-corrected chi connectivity index (χ2v) is 4.94. The molecular formula is C11H22N2O4. The lowest BCUT2D eigenvalue weighted by Gasteiger charge is -2.20. The molecule has 6 nitrogen and oxygen atoms in total. The average molecular weight is 246 g/mol. The Balaban J connectivity index is 4.04. The number of hydrogen-bond donors (Lipinski definition) is 2. The number of carbonyl (C=O) groups excluding carboxylic acids is 2. The van der Waals surface area contributed by atoms with Crippen LogP contribution in [-0.4, -0.2) is 23.7 Å². The first-order valence-corrected chi connectivity index (χ1v) is 5.62. The molecule has 0 radical (unpaired) electrons. The van der Waals surface area contributed by atoms with E-state index in [0.717, 1.165) is 6.42 Å². The fourth-order valence-electron chi connectivity index (χ4n) is 0.945. The zero-order chi connectivity index (χ0) is 13.6. The molecule has 0 aliphatic heterocycles. The van der Waals surface area contributed by atoms with Gasteiger partial charge in [0.05, 0.1) is 0 Å². The van der Waals surface area contributed by atoms with Gasteiger partial charge in [-0.3, -0.25) is 0 Å². The first kappa shape index (κ1) is 15.7. The summed E-state index contributed by atoms with van der Waals surface area (Å²) < 4.78 is 4.89. The quantitative estimate of drug-likeness (QED) is 0.733. The molecule has 0 saturated carbocycles. The van der Waals surface area contributed by atoms with Crippen LogP contribution in [0.15, 0.2) is 0 Å². The molecule has 0 heterocycles. The van der Waals surface area contributed by atoms with E-state index in [1.54, 1.807) is 20.8 Å². The molecule has 0 aliphatic rings. The molecular weight excluding hydrogens is 224 g/mol. The normalized spacial score (nSPS) is 14.7. The highest BCUT2D eigenvalue weighted by molar-refractivity contribution is 5.77. The average Bonchev–Trinajstić information content (AvgIpc) is 2.21. The summed E-state index contributed by atoms with van der Waals surface area (Å²) in [4.78, 5) is 27.1. The maximum Gasteiger partial charge on any atom is 0.441 e. The Bertz CT molecular complexity index is 273. The molecule has 2 atom stereocenters. The lowest BCUT2D eigenvalue weighted by Crippen LogP contribution is -2.42. The number of amides is 1. The standard InChI is InChI=1S/C11H22N2O4/c1-6-7(2)8(12)9(14)17-13-10(15)16-11(3,4)5/h7-8H,6,12H2,1-5H3,(H,13,15)/t7-,8-/m0/s1. The minimum Gasteiger partial charge on any atom is -0.442 e. The van der Waals surface area contributed by atoms with Crippen LogP contribution in [0.25, 0.3) is 0 Å². The van der Waals surface area contributed by atoms with E-state index in [-0.39, 0.29) is 5.92 Å². The third-order valence-corrected chi connectivity index (χ3v) is 2.16. The molecule has 0 spiro atoms. The molecule has 0 unspecified atom stereocenters. The largest absolute Gasteiger partial charge is 0.442 e. The highest BCUT2D eigenvalue weighted by atomic mass is 16.7. The van der Waals surface area contributed by atoms with Crippen molar-refractivity contribution in [1.29, 1.82) is 0 Å². The predicted octanol–water partition coefficient (Wildman–Crippen LogP) is 1.34. The molecule has 0 aromatic heterocycles. The van der Waals surface area contributed by atoms with E-state index >= 15 is 0 Å². The maximum atomic E-state index is 11.4. The van der Waals surface area contributed by atoms with Gasteiger partial charge in [-0.25, -0.2) is 9.59 Å². The Labute approximate surface area is 102 Å². The van der Waals surface area contributed by atoms with Gasteiger partial charge in [0.2, 0.25) is 0 Å². The molecule has 100 valence electrons. The molecule has 0 rings (SSSR count). The van der Waals surface area contributed by atoms with Gasteiger partial charge in [-0.1, -0.05) is 20.3 Å². The van der Waals surface area contributed by atoms with Gasteiger partial charge in [0.25, 0.3) is 0 Å². The predicted molar refractivity (Wildman–Crippen MR) is 62.9 cm³/mol. The van der Waals surface area contributed by atoms with Crippen LogP contribution in [0.1, 0.15) is 41.0 Å². The van der Waals surface area contributed by atoms with Gasteiger partial charge in [-0.2, -0.15) is 0 Å². The molecule has 0 fully saturated rings. The zero-order valence-corrected chi connectivity index (χ0v) is 11.1. The van der Waals surface area contributed by atoms with Crippen molar-refractivity contribution < 1.29 is 19.2 Å². The van der Waals surface area contributed by atoms with Gasteiger partial charge < -0.3 is 15.3 Å². The van der Waals surface area contributed by atoms with Gasteiger partial charge >= 0.3 is 12.1 Å². The Morgan fingerprint density at radius 2 is 1.88 bits per heavy atom. The molecule has 1 amide bonds. The Hall–Kier alpha value is -1.30. The van der Waals surface area contributed by atoms with Crippen LogP contribution < -0.4 is 11.2 Å². The van der Waals surface area contributed by atoms with Gasteiger partial charge in [-0.15, -0.1) is 5.48 Å². The molecule has 0 bridgehead atoms. The van der Waals surface area contributed by atoms with E-state index in [0.29, 0.717) is 0 Å². The lowest BCUT2D eigenvalue weighted by molar-refractivity contribution is -0.153. The minimum atomic E-state index is -0.817. The van der Waals surface area contributed by atoms with E-state index in [1.807, 2.05) is 19.3 Å². The molecule has 0 aromatic carbocycles. The number of hydroxylamine groups is 1. The van der Waals surface area contributed by atoms with Crippen LogP contribution in [-0.2, 0) is 14.4 Å². The fourth-order valence-corrected chi connectivity index (χ4v) is 0.945. The fraction of sp³-hybridized carbons (Fsp3) is 0.818. The van der Waals surface area contributed by atoms with E-state index in [2.05, 4.69) is 4.84 Å². The number of hydrogen-bond acceptors (Lipinski definition) is 5. The van der Waals surface area contributed by atoms with Crippen LogP contribution in [0.2, 0.25) is 0 Å². The molecule has 0 aromatic rings. The van der Waals surface area contributed by atoms with Crippen molar-refractivity contribution in [1.82, 2.24) is 5.48 Å². The number of nitrogens with one attached hydrogen (secondary N) is 1. The smallest absolute Gasteiger partial charge is 0.441 e. The highest BCUT2D eigenvalue weighted by Gasteiger charge is 2.23. The maximum absolute atomic E-state index is 11.4. The summed E-state index contributed by atoms with van der Waals surface area (Å²) in [6, 6.07) is -0.755. The van der Waals surface area contributed by atoms with Crippen LogP contribution in [0, 0.1) is 5.92 Å². The molecule has 0 saturated heterocycles. The lowest BCUT2D eigenvalue weighted by atomic mass is 10.0. The van der Waals surface area contributed by atoms with Crippen molar-refractivity contribution in [2.24, 2.45) is 11.7 Å². The summed E-state index contributed by atoms with van der Waals surface area (Å²) in [5.41, 5.74) is 6.88. The van der Waals surface area contributed by atoms with Gasteiger partial charge in [-0.05, 0) is 26.7 Å². The summed E-state index contributed by atoms with van der Waals surface area (Å²) in [7, 11) is 0. The third kappa shape index (κ3) is 6.78. The number of rotatable bonds is 3. The molecule has 17 heavy (non-hydrogen) atoms. The number of nitrogens with two attached hydrogens (primary N) is 1. The van der Waals surface area contributed by atoms with E-state index < -0.39 is 23.7 Å². The summed E-state index contributed by atoms with van der Waals surface area (Å²) in [6.45, 7) is 8.87. The van der Waals surface area contributed by atoms with Crippen molar-refractivity contribution in [3.63, 3.8) is 0 Å². The Morgan fingerprint density at radius 3 is 2.29 bits per heavy atom. The second-order valence-electron chi connectivity index (χ2n) is 4.94. The van der Waals surface area contributed by atoms with E-state index in [9.17, 15) is 9.59 Å². The Kier molecular flexibility index (Phi) is 5.95.